The van der Waals surface area contributed by atoms with Gasteiger partial charge in [-0.3, -0.25) is 9.69 Å². The van der Waals surface area contributed by atoms with Crippen LogP contribution >= 0.6 is 0 Å². The lowest BCUT2D eigenvalue weighted by Crippen LogP contribution is -2.40. The first kappa shape index (κ1) is 19.6. The highest BCUT2D eigenvalue weighted by atomic mass is 32.2. The normalized spacial score (nSPS) is 16.7. The van der Waals surface area contributed by atoms with Gasteiger partial charge in [-0.1, -0.05) is 24.6 Å². The molecular formula is C20H26N2O4S. The number of hydrogen-bond donors (Lipinski definition) is 1. The molecule has 2 aromatic rings. The number of carbonyl (C=O) groups excluding carboxylic acids is 1. The fraction of sp³-hybridized carbons (Fsp3) is 0.450. The summed E-state index contributed by atoms with van der Waals surface area (Å²) >= 11 is 0. The van der Waals surface area contributed by atoms with Gasteiger partial charge >= 0.3 is 0 Å². The second-order valence-electron chi connectivity index (χ2n) is 6.81. The van der Waals surface area contributed by atoms with Crippen LogP contribution in [-0.2, 0) is 14.6 Å². The number of nitrogens with zero attached hydrogens (tertiary/aromatic N) is 1. The van der Waals surface area contributed by atoms with Crippen LogP contribution in [0.3, 0.4) is 0 Å². The molecule has 0 radical (unpaired) electrons. The van der Waals surface area contributed by atoms with Crippen LogP contribution in [0.15, 0.2) is 58.0 Å². The van der Waals surface area contributed by atoms with Gasteiger partial charge in [-0.15, -0.1) is 0 Å². The molecule has 0 aliphatic carbocycles. The summed E-state index contributed by atoms with van der Waals surface area (Å²) in [5.41, 5.74) is 0. The summed E-state index contributed by atoms with van der Waals surface area (Å²) in [6.45, 7) is 2.37. The molecule has 1 aliphatic heterocycles. The van der Waals surface area contributed by atoms with Crippen LogP contribution < -0.4 is 5.32 Å². The van der Waals surface area contributed by atoms with Gasteiger partial charge in [0.2, 0.25) is 5.91 Å². The maximum absolute atomic E-state index is 12.3. The highest BCUT2D eigenvalue weighted by Gasteiger charge is 2.25. The zero-order valence-electron chi connectivity index (χ0n) is 15.3. The summed E-state index contributed by atoms with van der Waals surface area (Å²) in [6.07, 6.45) is 5.09. The standard InChI is InChI=1S/C20H26N2O4S/c23-20(11-15-27(24,25)17-8-3-1-4-9-17)21-16-18(19-10-7-14-26-19)22-12-5-2-6-13-22/h1,3-4,7-10,14,18H,2,5-6,11-13,15-16H2,(H,21,23). The first-order valence-electron chi connectivity index (χ1n) is 9.38. The quantitative estimate of drug-likeness (QED) is 0.750. The van der Waals surface area contributed by atoms with Crippen molar-refractivity contribution in [1.82, 2.24) is 10.2 Å². The van der Waals surface area contributed by atoms with Gasteiger partial charge in [0.1, 0.15) is 5.76 Å². The number of sulfone groups is 1. The van der Waals surface area contributed by atoms with E-state index in [0.717, 1.165) is 31.7 Å². The Bertz CT molecular complexity index is 813. The third-order valence-electron chi connectivity index (χ3n) is 4.90. The molecule has 1 N–H and O–H groups in total. The summed E-state index contributed by atoms with van der Waals surface area (Å²) in [7, 11) is -3.45. The van der Waals surface area contributed by atoms with Gasteiger partial charge in [-0.25, -0.2) is 8.42 Å². The highest BCUT2D eigenvalue weighted by molar-refractivity contribution is 7.91. The smallest absolute Gasteiger partial charge is 0.221 e. The van der Waals surface area contributed by atoms with E-state index in [1.54, 1.807) is 36.6 Å². The number of piperidine rings is 1. The summed E-state index contributed by atoms with van der Waals surface area (Å²) in [4.78, 5) is 14.8. The van der Waals surface area contributed by atoms with Crippen LogP contribution in [0, 0.1) is 0 Å². The van der Waals surface area contributed by atoms with Crippen LogP contribution in [-0.4, -0.2) is 44.6 Å². The second kappa shape index (κ2) is 9.19. The van der Waals surface area contributed by atoms with E-state index >= 15 is 0 Å². The van der Waals surface area contributed by atoms with E-state index in [4.69, 9.17) is 4.42 Å². The van der Waals surface area contributed by atoms with Gasteiger partial charge in [-0.2, -0.15) is 0 Å². The number of nitrogens with one attached hydrogen (secondary N) is 1. The molecule has 0 spiro atoms. The largest absolute Gasteiger partial charge is 0.468 e. The number of furan rings is 1. The van der Waals surface area contributed by atoms with E-state index in [1.165, 1.54) is 6.42 Å². The summed E-state index contributed by atoms with van der Waals surface area (Å²) in [5.74, 6) is 0.370. The Balaban J connectivity index is 1.55. The van der Waals surface area contributed by atoms with Crippen LogP contribution in [0.25, 0.3) is 0 Å². The molecule has 1 fully saturated rings. The molecule has 1 saturated heterocycles. The third kappa shape index (κ3) is 5.43. The van der Waals surface area contributed by atoms with E-state index < -0.39 is 9.84 Å². The lowest BCUT2D eigenvalue weighted by atomic mass is 10.1. The fourth-order valence-corrected chi connectivity index (χ4v) is 4.65. The van der Waals surface area contributed by atoms with Crippen molar-refractivity contribution in [1.29, 1.82) is 0 Å². The van der Waals surface area contributed by atoms with Crippen molar-refractivity contribution in [3.05, 3.63) is 54.5 Å². The molecule has 0 bridgehead atoms. The van der Waals surface area contributed by atoms with Gasteiger partial charge < -0.3 is 9.73 Å². The van der Waals surface area contributed by atoms with Crippen LogP contribution in [0.1, 0.15) is 37.5 Å². The molecule has 1 unspecified atom stereocenters. The lowest BCUT2D eigenvalue weighted by Gasteiger charge is -2.33. The Kier molecular flexibility index (Phi) is 6.68. The molecule has 6 nitrogen and oxygen atoms in total. The summed E-state index contributed by atoms with van der Waals surface area (Å²) in [6, 6.07) is 12.0. The molecular weight excluding hydrogens is 364 g/mol. The van der Waals surface area contributed by atoms with Crippen molar-refractivity contribution in [2.45, 2.75) is 36.6 Å². The number of rotatable bonds is 8. The van der Waals surface area contributed by atoms with Crippen molar-refractivity contribution in [3.63, 3.8) is 0 Å². The van der Waals surface area contributed by atoms with Crippen molar-refractivity contribution in [3.8, 4) is 0 Å². The molecule has 1 aromatic heterocycles. The molecule has 0 saturated carbocycles. The Morgan fingerprint density at radius 1 is 1.07 bits per heavy atom. The Labute approximate surface area is 160 Å². The average Bonchev–Trinajstić information content (AvgIpc) is 3.23. The third-order valence-corrected chi connectivity index (χ3v) is 6.63. The number of benzene rings is 1. The predicted octanol–water partition coefficient (Wildman–Crippen LogP) is 2.79. The molecule has 7 heteroatoms. The number of hydrogen-bond acceptors (Lipinski definition) is 5. The minimum absolute atomic E-state index is 0.0185. The molecule has 27 heavy (non-hydrogen) atoms. The van der Waals surface area contributed by atoms with E-state index in [0.29, 0.717) is 6.54 Å². The van der Waals surface area contributed by atoms with Crippen molar-refractivity contribution in [2.75, 3.05) is 25.4 Å². The number of likely N-dealkylation sites (tertiary alicyclic amines) is 1. The minimum atomic E-state index is -3.45. The van der Waals surface area contributed by atoms with Crippen molar-refractivity contribution < 1.29 is 17.6 Å². The van der Waals surface area contributed by atoms with E-state index in [9.17, 15) is 13.2 Å². The van der Waals surface area contributed by atoms with Crippen LogP contribution in [0.5, 0.6) is 0 Å². The zero-order valence-corrected chi connectivity index (χ0v) is 16.2. The summed E-state index contributed by atoms with van der Waals surface area (Å²) < 4.78 is 30.2. The number of amides is 1. The molecule has 1 aromatic carbocycles. The Morgan fingerprint density at radius 3 is 2.48 bits per heavy atom. The van der Waals surface area contributed by atoms with E-state index in [1.807, 2.05) is 12.1 Å². The Morgan fingerprint density at radius 2 is 1.81 bits per heavy atom. The second-order valence-corrected chi connectivity index (χ2v) is 8.92. The van der Waals surface area contributed by atoms with Crippen LogP contribution in [0.2, 0.25) is 0 Å². The van der Waals surface area contributed by atoms with Gasteiger partial charge in [0.05, 0.1) is 23.0 Å². The highest BCUT2D eigenvalue weighted by Crippen LogP contribution is 2.24. The number of carbonyl (C=O) groups is 1. The van der Waals surface area contributed by atoms with Gasteiger partial charge in [0, 0.05) is 13.0 Å². The van der Waals surface area contributed by atoms with Crippen LogP contribution in [0.4, 0.5) is 0 Å². The molecule has 1 atom stereocenters. The monoisotopic (exact) mass is 390 g/mol. The van der Waals surface area contributed by atoms with Crippen molar-refractivity contribution in [2.24, 2.45) is 0 Å². The maximum Gasteiger partial charge on any atom is 0.221 e. The molecule has 3 rings (SSSR count). The molecule has 1 amide bonds. The SMILES string of the molecule is O=C(CCS(=O)(=O)c1ccccc1)NCC(c1ccco1)N1CCCCC1. The fourth-order valence-electron chi connectivity index (χ4n) is 3.39. The lowest BCUT2D eigenvalue weighted by molar-refractivity contribution is -0.121. The maximum atomic E-state index is 12.3. The first-order chi connectivity index (χ1) is 13.1. The van der Waals surface area contributed by atoms with Crippen molar-refractivity contribution >= 4 is 15.7 Å². The van der Waals surface area contributed by atoms with Gasteiger partial charge in [-0.05, 0) is 50.2 Å². The first-order valence-corrected chi connectivity index (χ1v) is 11.0. The van der Waals surface area contributed by atoms with Gasteiger partial charge in [0.15, 0.2) is 9.84 Å². The predicted molar refractivity (Wildman–Crippen MR) is 103 cm³/mol. The van der Waals surface area contributed by atoms with Gasteiger partial charge in [0.25, 0.3) is 0 Å². The Hall–Kier alpha value is -2.12. The minimum Gasteiger partial charge on any atom is -0.468 e. The topological polar surface area (TPSA) is 79.6 Å². The van der Waals surface area contributed by atoms with E-state index in [-0.39, 0.29) is 29.0 Å². The molecule has 2 heterocycles. The summed E-state index contributed by atoms with van der Waals surface area (Å²) in [5, 5.41) is 2.89. The molecule has 146 valence electrons. The van der Waals surface area contributed by atoms with E-state index in [2.05, 4.69) is 10.2 Å². The molecule has 1 aliphatic rings. The zero-order chi connectivity index (χ0) is 19.1. The average molecular weight is 391 g/mol.